The summed E-state index contributed by atoms with van der Waals surface area (Å²) in [6.45, 7) is 8.57. The number of hydrogen-bond donors (Lipinski definition) is 10. The van der Waals surface area contributed by atoms with Crippen LogP contribution < -0.4 is 41.8 Å². The van der Waals surface area contributed by atoms with Crippen molar-refractivity contribution in [2.75, 3.05) is 0 Å². The van der Waals surface area contributed by atoms with Crippen molar-refractivity contribution in [1.82, 2.24) is 36.9 Å². The summed E-state index contributed by atoms with van der Waals surface area (Å²) >= 11 is 0. The smallest absolute Gasteiger partial charge is 0.446 e. The molecule has 1 heterocycles. The van der Waals surface area contributed by atoms with Crippen LogP contribution in [0, 0.1) is 0 Å². The second-order valence-electron chi connectivity index (χ2n) is 19.4. The minimum Gasteiger partial charge on any atom is -0.481 e. The minimum absolute atomic E-state index is 0.0182. The fourth-order valence-corrected chi connectivity index (χ4v) is 8.40. The number of aromatic nitrogens is 1. The molecule has 7 amide bonds. The van der Waals surface area contributed by atoms with Crippen LogP contribution in [0.25, 0.3) is 10.9 Å². The Morgan fingerprint density at radius 3 is 1.74 bits per heavy atom. The van der Waals surface area contributed by atoms with E-state index in [9.17, 15) is 56.7 Å². The second-order valence-corrected chi connectivity index (χ2v) is 20.4. The Morgan fingerprint density at radius 2 is 1.14 bits per heavy atom. The molecule has 0 aliphatic carbocycles. The zero-order valence-corrected chi connectivity index (χ0v) is 44.5. The molecule has 24 heteroatoms. The van der Waals surface area contributed by atoms with E-state index >= 15 is 0 Å². The Morgan fingerprint density at radius 1 is 0.623 bits per heavy atom. The number of ketones is 1. The van der Waals surface area contributed by atoms with Crippen LogP contribution in [0.3, 0.4) is 0 Å². The van der Waals surface area contributed by atoms with Crippen LogP contribution in [0.1, 0.15) is 109 Å². The number of nitrogens with one attached hydrogen (secondary N) is 7. The van der Waals surface area contributed by atoms with Crippen LogP contribution >= 0.6 is 0 Å². The molecule has 6 unspecified atom stereocenters. The molecular weight excluding hydrogens is 1020 g/mol. The number of aliphatic carboxylic acids is 1. The summed E-state index contributed by atoms with van der Waals surface area (Å²) < 4.78 is 41.3. The number of alkyl carbamates (subject to hydrolysis) is 1. The van der Waals surface area contributed by atoms with Gasteiger partial charge in [-0.05, 0) is 68.5 Å². The van der Waals surface area contributed by atoms with Gasteiger partial charge in [-0.15, -0.1) is 0 Å². The van der Waals surface area contributed by atoms with Crippen molar-refractivity contribution in [2.24, 2.45) is 5.73 Å². The third-order valence-electron chi connectivity index (χ3n) is 11.9. The molecule has 418 valence electrons. The van der Waals surface area contributed by atoms with Crippen molar-refractivity contribution in [1.29, 1.82) is 0 Å². The number of nitrogens with two attached hydrogens (primary N) is 1. The number of ether oxygens (including phenoxy) is 1. The van der Waals surface area contributed by atoms with E-state index in [0.717, 1.165) is 10.9 Å². The molecule has 1 aromatic heterocycles. The van der Waals surface area contributed by atoms with Gasteiger partial charge in [0.2, 0.25) is 35.4 Å². The van der Waals surface area contributed by atoms with Gasteiger partial charge in [-0.3, -0.25) is 42.9 Å². The van der Waals surface area contributed by atoms with E-state index < -0.39 is 125 Å². The zero-order chi connectivity index (χ0) is 56.9. The highest BCUT2D eigenvalue weighted by Gasteiger charge is 2.34. The largest absolute Gasteiger partial charge is 0.481 e. The molecule has 0 fully saturated rings. The van der Waals surface area contributed by atoms with E-state index in [1.165, 1.54) is 24.3 Å². The van der Waals surface area contributed by atoms with Gasteiger partial charge in [0.25, 0.3) is 0 Å². The number of aromatic amines is 1. The summed E-state index contributed by atoms with van der Waals surface area (Å²) in [6.07, 6.45) is 0.939. The molecule has 4 rings (SSSR count). The molecule has 77 heavy (non-hydrogen) atoms. The minimum atomic E-state index is -4.82. The standard InChI is InChI=1S/C53H70N8O15S/c1-6-8-18-38(57-49(68)41(61-52(71)75-53(3,4)5)28-33-21-23-35(24-22-33)76-77(72,73)74)44(62)25-26-45(63)56-42(29-34-31-55-37-20-14-13-17-36(34)37)50(69)58-39(19-9-7-2)48(67)60-43(30-46(64)65)51(70)59-40(47(54)66)27-32-15-11-10-12-16-32/h10-17,20-24,31,38-43,55H,6-9,18-19,25-30H2,1-5H3,(H2,54,66)(H,56,63)(H,57,68)(H,58,69)(H,59,70)(H,60,67)(H,61,71)(H,64,65)(H,72,73,74). The maximum Gasteiger partial charge on any atom is 0.446 e. The fraction of sp³-hybridized carbons (Fsp3) is 0.453. The number of unbranched alkanes of at least 4 members (excludes halogenated alkanes) is 2. The van der Waals surface area contributed by atoms with Gasteiger partial charge < -0.3 is 56.6 Å². The van der Waals surface area contributed by atoms with Crippen LogP contribution in [-0.4, -0.2) is 118 Å². The van der Waals surface area contributed by atoms with Gasteiger partial charge in [-0.2, -0.15) is 8.42 Å². The molecule has 0 spiro atoms. The van der Waals surface area contributed by atoms with Crippen LogP contribution in [0.5, 0.6) is 5.75 Å². The number of hydrogen-bond acceptors (Lipinski definition) is 13. The molecule has 3 aromatic carbocycles. The van der Waals surface area contributed by atoms with E-state index in [4.69, 9.17) is 15.0 Å². The number of para-hydroxylation sites is 1. The predicted molar refractivity (Wildman–Crippen MR) is 282 cm³/mol. The number of fused-ring (bicyclic) bond motifs is 1. The van der Waals surface area contributed by atoms with E-state index in [1.807, 2.05) is 19.9 Å². The number of carbonyl (C=O) groups is 9. The Labute approximate surface area is 446 Å². The van der Waals surface area contributed by atoms with Crippen molar-refractivity contribution in [3.05, 3.63) is 102 Å². The van der Waals surface area contributed by atoms with Gasteiger partial charge in [0.15, 0.2) is 5.78 Å². The maximum atomic E-state index is 14.4. The lowest BCUT2D eigenvalue weighted by molar-refractivity contribution is -0.141. The first-order valence-electron chi connectivity index (χ1n) is 25.2. The van der Waals surface area contributed by atoms with E-state index in [2.05, 4.69) is 41.1 Å². The molecule has 0 radical (unpaired) electrons. The molecule has 23 nitrogen and oxygen atoms in total. The number of carbonyl (C=O) groups excluding carboxylic acids is 8. The van der Waals surface area contributed by atoms with Gasteiger partial charge in [-0.25, -0.2) is 4.79 Å². The van der Waals surface area contributed by atoms with Crippen LogP contribution in [0.15, 0.2) is 85.1 Å². The van der Waals surface area contributed by atoms with Crippen LogP contribution in [0.4, 0.5) is 4.79 Å². The summed E-state index contributed by atoms with van der Waals surface area (Å²) in [5, 5.41) is 25.9. The molecule has 0 saturated carbocycles. The average molecular weight is 1090 g/mol. The third kappa shape index (κ3) is 21.7. The number of H-pyrrole nitrogens is 1. The fourth-order valence-electron chi connectivity index (χ4n) is 8.05. The summed E-state index contributed by atoms with van der Waals surface area (Å²) in [5.41, 5.74) is 7.05. The number of Topliss-reactive ketones (excluding diaryl/α,β-unsaturated/α-hetero) is 1. The highest BCUT2D eigenvalue weighted by atomic mass is 32.3. The summed E-state index contributed by atoms with van der Waals surface area (Å²) in [6, 6.07) is 12.9. The molecular formula is C53H70N8O15S. The van der Waals surface area contributed by atoms with Gasteiger partial charge in [-0.1, -0.05) is 100 Å². The lowest BCUT2D eigenvalue weighted by atomic mass is 9.99. The highest BCUT2D eigenvalue weighted by Crippen LogP contribution is 2.21. The number of amides is 7. The number of benzene rings is 3. The van der Waals surface area contributed by atoms with Crippen molar-refractivity contribution in [3.63, 3.8) is 0 Å². The highest BCUT2D eigenvalue weighted by molar-refractivity contribution is 7.81. The zero-order valence-electron chi connectivity index (χ0n) is 43.7. The topological polar surface area (TPSA) is 361 Å². The monoisotopic (exact) mass is 1090 g/mol. The molecule has 0 aliphatic rings. The number of primary amides is 1. The first kappa shape index (κ1) is 61.7. The van der Waals surface area contributed by atoms with E-state index in [1.54, 1.807) is 75.5 Å². The maximum absolute atomic E-state index is 14.4. The van der Waals surface area contributed by atoms with Crippen molar-refractivity contribution >= 4 is 74.6 Å². The molecule has 0 aliphatic heterocycles. The number of carboxylic acids is 1. The molecule has 6 atom stereocenters. The summed E-state index contributed by atoms with van der Waals surface area (Å²) in [4.78, 5) is 124. The van der Waals surface area contributed by atoms with Crippen molar-refractivity contribution in [2.45, 2.75) is 154 Å². The second kappa shape index (κ2) is 29.4. The Balaban J connectivity index is 1.53. The predicted octanol–water partition coefficient (Wildman–Crippen LogP) is 3.38. The normalized spacial score (nSPS) is 13.8. The number of rotatable bonds is 31. The number of carboxylic acid groups (broad SMARTS) is 1. The van der Waals surface area contributed by atoms with Gasteiger partial charge in [0, 0.05) is 49.2 Å². The van der Waals surface area contributed by atoms with Crippen molar-refractivity contribution in [3.8, 4) is 5.75 Å². The van der Waals surface area contributed by atoms with Gasteiger partial charge >= 0.3 is 22.5 Å². The summed E-state index contributed by atoms with van der Waals surface area (Å²) in [5.74, 6) is -7.37. The van der Waals surface area contributed by atoms with Gasteiger partial charge in [0.1, 0.15) is 41.6 Å². The Kier molecular flexibility index (Phi) is 23.6. The van der Waals surface area contributed by atoms with E-state index in [0.29, 0.717) is 42.4 Å². The first-order chi connectivity index (χ1) is 36.3. The van der Waals surface area contributed by atoms with E-state index in [-0.39, 0.29) is 37.9 Å². The Hall–Kier alpha value is -7.86. The van der Waals surface area contributed by atoms with Gasteiger partial charge in [0.05, 0.1) is 12.5 Å². The van der Waals surface area contributed by atoms with Crippen LogP contribution in [-0.2, 0) is 72.8 Å². The lowest BCUT2D eigenvalue weighted by Crippen LogP contribution is -2.58. The molecule has 11 N–H and O–H groups in total. The first-order valence-corrected chi connectivity index (χ1v) is 26.6. The third-order valence-corrected chi connectivity index (χ3v) is 12.3. The average Bonchev–Trinajstić information content (AvgIpc) is 3.77. The molecule has 4 aromatic rings. The SMILES string of the molecule is CCCCC(NC(=O)C(Cc1ccc(OS(=O)(=O)O)cc1)NC(=O)OC(C)(C)C)C(=O)CCC(=O)NC(Cc1c[nH]c2ccccc12)C(=O)NC(CCCC)C(=O)NC(CC(=O)O)C(=O)NC(Cc1ccccc1)C(N)=O. The quantitative estimate of drug-likeness (QED) is 0.0323. The molecule has 0 bridgehead atoms. The Bertz CT molecular complexity index is 2800. The van der Waals surface area contributed by atoms with Crippen LogP contribution in [0.2, 0.25) is 0 Å². The van der Waals surface area contributed by atoms with Crippen molar-refractivity contribution < 1.29 is 70.1 Å². The molecule has 0 saturated heterocycles. The lowest BCUT2D eigenvalue weighted by Gasteiger charge is -2.26. The summed E-state index contributed by atoms with van der Waals surface area (Å²) in [7, 11) is -4.82.